The summed E-state index contributed by atoms with van der Waals surface area (Å²) in [7, 11) is 1.52. The summed E-state index contributed by atoms with van der Waals surface area (Å²) in [4.78, 5) is 17.3. The molecule has 6 heteroatoms. The summed E-state index contributed by atoms with van der Waals surface area (Å²) in [5.41, 5.74) is 4.06. The van der Waals surface area contributed by atoms with E-state index in [1.165, 1.54) is 23.5 Å². The number of anilines is 1. The molecule has 1 aliphatic rings. The molecule has 1 fully saturated rings. The number of rotatable bonds is 4. The van der Waals surface area contributed by atoms with Gasteiger partial charge in [-0.15, -0.1) is 0 Å². The van der Waals surface area contributed by atoms with Gasteiger partial charge in [-0.2, -0.15) is 0 Å². The van der Waals surface area contributed by atoms with Crippen molar-refractivity contribution in [1.29, 1.82) is 0 Å². The predicted molar refractivity (Wildman–Crippen MR) is 105 cm³/mol. The monoisotopic (exact) mass is 350 g/mol. The lowest BCUT2D eigenvalue weighted by Gasteiger charge is -2.11. The van der Waals surface area contributed by atoms with Gasteiger partial charge in [-0.05, 0) is 31.2 Å². The third-order valence-electron chi connectivity index (χ3n) is 4.89. The topological polar surface area (TPSA) is 67.7 Å². The van der Waals surface area contributed by atoms with Crippen molar-refractivity contribution in [3.8, 4) is 0 Å². The number of nitrogens with zero attached hydrogens (tertiary/aromatic N) is 2. The van der Waals surface area contributed by atoms with Gasteiger partial charge in [0.05, 0.1) is 11.8 Å². The van der Waals surface area contributed by atoms with E-state index in [0.717, 1.165) is 23.3 Å². The van der Waals surface area contributed by atoms with Crippen LogP contribution in [0.15, 0.2) is 47.6 Å². The Labute approximate surface area is 151 Å². The Morgan fingerprint density at radius 1 is 1.27 bits per heavy atom. The molecule has 1 saturated heterocycles. The molecule has 2 N–H and O–H groups in total. The van der Waals surface area contributed by atoms with E-state index < -0.39 is 0 Å². The summed E-state index contributed by atoms with van der Waals surface area (Å²) in [6.45, 7) is 3.63. The summed E-state index contributed by atoms with van der Waals surface area (Å²) >= 11 is 0. The Kier molecular flexibility index (Phi) is 4.34. The fourth-order valence-corrected chi connectivity index (χ4v) is 3.71. The molecule has 6 nitrogen and oxygen atoms in total. The molecule has 26 heavy (non-hydrogen) atoms. The van der Waals surface area contributed by atoms with Gasteiger partial charge < -0.3 is 20.0 Å². The number of benzene rings is 2. The van der Waals surface area contributed by atoms with Crippen molar-refractivity contribution in [2.24, 2.45) is 5.16 Å². The molecule has 0 aliphatic carbocycles. The zero-order valence-corrected chi connectivity index (χ0v) is 15.0. The van der Waals surface area contributed by atoms with Crippen LogP contribution in [0.1, 0.15) is 13.3 Å². The summed E-state index contributed by atoms with van der Waals surface area (Å²) in [5.74, 6) is -0.0510. The Morgan fingerprint density at radius 3 is 2.88 bits per heavy atom. The highest BCUT2D eigenvalue weighted by Gasteiger charge is 2.27. The number of amides is 1. The molecule has 1 aliphatic heterocycles. The number of hydrogen-bond acceptors (Lipinski definition) is 4. The highest BCUT2D eigenvalue weighted by atomic mass is 16.6. The fourth-order valence-electron chi connectivity index (χ4n) is 3.71. The van der Waals surface area contributed by atoms with Crippen molar-refractivity contribution in [1.82, 2.24) is 9.88 Å². The zero-order chi connectivity index (χ0) is 18.1. The van der Waals surface area contributed by atoms with E-state index in [-0.39, 0.29) is 11.9 Å². The lowest BCUT2D eigenvalue weighted by molar-refractivity contribution is -0.117. The van der Waals surface area contributed by atoms with Crippen LogP contribution in [-0.2, 0) is 16.2 Å². The van der Waals surface area contributed by atoms with E-state index in [2.05, 4.69) is 57.6 Å². The molecular weight excluding hydrogens is 328 g/mol. The first-order valence-electron chi connectivity index (χ1n) is 8.85. The zero-order valence-electron chi connectivity index (χ0n) is 15.0. The first-order chi connectivity index (χ1) is 12.7. The Balaban J connectivity index is 1.63. The minimum atomic E-state index is -0.281. The Bertz CT molecular complexity index is 1010. The highest BCUT2D eigenvalue weighted by molar-refractivity contribution is 6.10. The molecule has 0 saturated carbocycles. The maximum absolute atomic E-state index is 12.6. The van der Waals surface area contributed by atoms with Gasteiger partial charge in [-0.25, -0.2) is 0 Å². The first kappa shape index (κ1) is 16.6. The summed E-state index contributed by atoms with van der Waals surface area (Å²) in [5, 5.41) is 12.5. The van der Waals surface area contributed by atoms with Gasteiger partial charge in [0.25, 0.3) is 0 Å². The second-order valence-electron chi connectivity index (χ2n) is 6.46. The van der Waals surface area contributed by atoms with Crippen molar-refractivity contribution in [2.75, 3.05) is 19.0 Å². The quantitative estimate of drug-likeness (QED) is 0.711. The van der Waals surface area contributed by atoms with Crippen molar-refractivity contribution in [2.45, 2.75) is 25.9 Å². The number of aromatic nitrogens is 1. The molecule has 4 rings (SSSR count). The number of aryl methyl sites for hydroxylation is 1. The molecule has 3 aromatic rings. The van der Waals surface area contributed by atoms with E-state index in [1.54, 1.807) is 0 Å². The van der Waals surface area contributed by atoms with E-state index in [1.807, 2.05) is 12.1 Å². The van der Waals surface area contributed by atoms with Crippen LogP contribution in [0.3, 0.4) is 0 Å². The number of nitrogens with one attached hydrogen (secondary N) is 2. The average molecular weight is 350 g/mol. The van der Waals surface area contributed by atoms with Gasteiger partial charge >= 0.3 is 0 Å². The lowest BCUT2D eigenvalue weighted by Crippen LogP contribution is -2.35. The molecule has 0 spiro atoms. The number of carbonyl (C=O) groups is 1. The number of fused-ring (bicyclic) bond motifs is 3. The number of hydrogen-bond donors (Lipinski definition) is 2. The van der Waals surface area contributed by atoms with Crippen LogP contribution in [0, 0.1) is 0 Å². The molecule has 0 bridgehead atoms. The lowest BCUT2D eigenvalue weighted by atomic mass is 10.1. The fraction of sp³-hybridized carbons (Fsp3) is 0.300. The van der Waals surface area contributed by atoms with E-state index in [4.69, 9.17) is 4.84 Å². The van der Waals surface area contributed by atoms with Crippen molar-refractivity contribution in [3.63, 3.8) is 0 Å². The number of para-hydroxylation sites is 1. The van der Waals surface area contributed by atoms with E-state index in [0.29, 0.717) is 13.0 Å². The van der Waals surface area contributed by atoms with Gasteiger partial charge in [-0.3, -0.25) is 4.79 Å². The first-order valence-corrected chi connectivity index (χ1v) is 8.85. The second kappa shape index (κ2) is 6.80. The Morgan fingerprint density at radius 2 is 2.08 bits per heavy atom. The number of carbonyl (C=O) groups excluding carboxylic acids is 1. The molecule has 1 amide bonds. The maximum atomic E-state index is 12.6. The predicted octanol–water partition coefficient (Wildman–Crippen LogP) is 3.12. The molecule has 1 atom stereocenters. The second-order valence-corrected chi connectivity index (χ2v) is 6.46. The van der Waals surface area contributed by atoms with Crippen molar-refractivity contribution < 1.29 is 9.63 Å². The van der Waals surface area contributed by atoms with Gasteiger partial charge in [0, 0.05) is 47.0 Å². The molecule has 2 aromatic carbocycles. The normalized spacial score (nSPS) is 18.7. The van der Waals surface area contributed by atoms with Crippen molar-refractivity contribution in [3.05, 3.63) is 42.5 Å². The third-order valence-corrected chi connectivity index (χ3v) is 4.89. The van der Waals surface area contributed by atoms with Crippen molar-refractivity contribution >= 4 is 39.1 Å². The van der Waals surface area contributed by atoms with Crippen LogP contribution in [-0.4, -0.2) is 35.9 Å². The number of oxime groups is 1. The maximum Gasteiger partial charge on any atom is 0.241 e. The molecule has 0 unspecified atom stereocenters. The molecule has 0 radical (unpaired) electrons. The standard InChI is InChI=1S/C20H22N4O2/c1-3-24-18-7-5-4-6-15(18)16-10-13(8-9-19(16)24)22-20(25)17-11-14(12-21-17)23-26-2/h4-10,17,21H,3,11-12H2,1-2H3,(H,22,25)/b23-14+/t17-/m0/s1. The van der Waals surface area contributed by atoms with Gasteiger partial charge in [-0.1, -0.05) is 23.4 Å². The largest absolute Gasteiger partial charge is 0.399 e. The van der Waals surface area contributed by atoms with Crippen LogP contribution in [0.25, 0.3) is 21.8 Å². The van der Waals surface area contributed by atoms with Gasteiger partial charge in [0.1, 0.15) is 7.11 Å². The van der Waals surface area contributed by atoms with Crippen LogP contribution in [0.2, 0.25) is 0 Å². The smallest absolute Gasteiger partial charge is 0.241 e. The van der Waals surface area contributed by atoms with E-state index in [9.17, 15) is 4.79 Å². The van der Waals surface area contributed by atoms with Crippen LogP contribution >= 0.6 is 0 Å². The minimum absolute atomic E-state index is 0.0510. The van der Waals surface area contributed by atoms with Crippen LogP contribution < -0.4 is 10.6 Å². The molecular formula is C20H22N4O2. The highest BCUT2D eigenvalue weighted by Crippen LogP contribution is 2.31. The van der Waals surface area contributed by atoms with E-state index >= 15 is 0 Å². The molecule has 2 heterocycles. The summed E-state index contributed by atoms with van der Waals surface area (Å²) < 4.78 is 2.29. The summed E-state index contributed by atoms with van der Waals surface area (Å²) in [6, 6.07) is 14.2. The minimum Gasteiger partial charge on any atom is -0.399 e. The molecule has 134 valence electrons. The molecule has 1 aromatic heterocycles. The van der Waals surface area contributed by atoms with Crippen LogP contribution in [0.5, 0.6) is 0 Å². The third kappa shape index (κ3) is 2.82. The Hall–Kier alpha value is -2.86. The summed E-state index contributed by atoms with van der Waals surface area (Å²) in [6.07, 6.45) is 0.567. The van der Waals surface area contributed by atoms with Gasteiger partial charge in [0.2, 0.25) is 5.91 Å². The average Bonchev–Trinajstić information content (AvgIpc) is 3.24. The van der Waals surface area contributed by atoms with Gasteiger partial charge in [0.15, 0.2) is 0 Å². The van der Waals surface area contributed by atoms with Crippen LogP contribution in [0.4, 0.5) is 5.69 Å². The SMILES string of the molecule is CCn1c2ccccc2c2cc(NC(=O)[C@@H]3C/C(=N\OC)CN3)ccc21.